The first-order valence-electron chi connectivity index (χ1n) is 7.68. The van der Waals surface area contributed by atoms with Crippen molar-refractivity contribution in [3.8, 4) is 5.75 Å². The second-order valence-electron chi connectivity index (χ2n) is 6.35. The third kappa shape index (κ3) is 3.80. The van der Waals surface area contributed by atoms with E-state index in [0.717, 1.165) is 5.69 Å². The molecule has 0 atom stereocenters. The minimum atomic E-state index is -4.70. The fourth-order valence-electron chi connectivity index (χ4n) is 3.44. The van der Waals surface area contributed by atoms with Crippen molar-refractivity contribution in [1.29, 1.82) is 0 Å². The number of ether oxygens (including phenoxy) is 1. The molecule has 2 amide bonds. The molecule has 0 bridgehead atoms. The van der Waals surface area contributed by atoms with E-state index in [2.05, 4.69) is 10.1 Å². The number of carbonyl (C=O) groups is 2. The minimum absolute atomic E-state index is 0.228. The smallest absolute Gasteiger partial charge is 0.406 e. The first kappa shape index (κ1) is 16.6. The molecule has 24 heavy (non-hydrogen) atoms. The van der Waals surface area contributed by atoms with E-state index >= 15 is 0 Å². The Morgan fingerprint density at radius 1 is 1.00 bits per heavy atom. The predicted molar refractivity (Wildman–Crippen MR) is 79.4 cm³/mol. The molecule has 0 aliphatic carbocycles. The van der Waals surface area contributed by atoms with E-state index in [1.54, 1.807) is 12.1 Å². The summed E-state index contributed by atoms with van der Waals surface area (Å²) in [7, 11) is 0. The highest BCUT2D eigenvalue weighted by molar-refractivity contribution is 5.98. The molecule has 8 heteroatoms. The third-order valence-corrected chi connectivity index (χ3v) is 4.61. The Morgan fingerprint density at radius 2 is 1.54 bits per heavy atom. The number of imide groups is 1. The summed E-state index contributed by atoms with van der Waals surface area (Å²) < 4.78 is 40.4. The number of carbonyl (C=O) groups excluding carboxylic acids is 2. The molecule has 0 unspecified atom stereocenters. The molecule has 2 heterocycles. The SMILES string of the molecule is O=C1CC2(CCN(c3ccc(OC(F)(F)F)cc3)CC2)CC(=O)N1. The van der Waals surface area contributed by atoms with Crippen LogP contribution in [0.3, 0.4) is 0 Å². The average Bonchev–Trinajstić information content (AvgIpc) is 2.46. The number of rotatable bonds is 2. The maximum absolute atomic E-state index is 12.2. The Morgan fingerprint density at radius 3 is 2.04 bits per heavy atom. The Bertz CT molecular complexity index is 617. The lowest BCUT2D eigenvalue weighted by atomic mass is 9.71. The molecule has 0 radical (unpaired) electrons. The molecule has 5 nitrogen and oxygen atoms in total. The lowest BCUT2D eigenvalue weighted by Crippen LogP contribution is -2.50. The highest BCUT2D eigenvalue weighted by atomic mass is 19.4. The van der Waals surface area contributed by atoms with Crippen molar-refractivity contribution in [1.82, 2.24) is 5.32 Å². The first-order chi connectivity index (χ1) is 11.2. The van der Waals surface area contributed by atoms with Crippen LogP contribution in [-0.2, 0) is 9.59 Å². The van der Waals surface area contributed by atoms with Crippen LogP contribution in [-0.4, -0.2) is 31.3 Å². The van der Waals surface area contributed by atoms with Gasteiger partial charge in [0.05, 0.1) is 0 Å². The van der Waals surface area contributed by atoms with Crippen LogP contribution in [0.5, 0.6) is 5.75 Å². The van der Waals surface area contributed by atoms with Gasteiger partial charge in [-0.15, -0.1) is 13.2 Å². The van der Waals surface area contributed by atoms with Gasteiger partial charge in [0.25, 0.3) is 0 Å². The Hall–Kier alpha value is -2.25. The van der Waals surface area contributed by atoms with Crippen LogP contribution in [0.15, 0.2) is 24.3 Å². The number of nitrogens with one attached hydrogen (secondary N) is 1. The Labute approximate surface area is 136 Å². The number of amides is 2. The number of halogens is 3. The normalized spacial score (nSPS) is 20.9. The number of hydrogen-bond acceptors (Lipinski definition) is 4. The molecule has 1 N–H and O–H groups in total. The fraction of sp³-hybridized carbons (Fsp3) is 0.500. The zero-order chi connectivity index (χ0) is 17.4. The summed E-state index contributed by atoms with van der Waals surface area (Å²) in [4.78, 5) is 25.2. The largest absolute Gasteiger partial charge is 0.573 e. The summed E-state index contributed by atoms with van der Waals surface area (Å²) in [5.41, 5.74) is 0.515. The van der Waals surface area contributed by atoms with Gasteiger partial charge in [0.2, 0.25) is 11.8 Å². The van der Waals surface area contributed by atoms with Gasteiger partial charge in [-0.1, -0.05) is 0 Å². The number of anilines is 1. The van der Waals surface area contributed by atoms with E-state index in [0.29, 0.717) is 38.8 Å². The number of piperidine rings is 2. The molecule has 0 saturated carbocycles. The van der Waals surface area contributed by atoms with Crippen LogP contribution in [0.2, 0.25) is 0 Å². The van der Waals surface area contributed by atoms with Crippen molar-refractivity contribution < 1.29 is 27.5 Å². The maximum atomic E-state index is 12.2. The van der Waals surface area contributed by atoms with E-state index in [1.165, 1.54) is 12.1 Å². The van der Waals surface area contributed by atoms with E-state index < -0.39 is 6.36 Å². The standard InChI is InChI=1S/C16H17F3N2O3/c17-16(18,19)24-12-3-1-11(2-4-12)21-7-5-15(6-8-21)9-13(22)20-14(23)10-15/h1-4H,5-10H2,(H,20,22,23). The second kappa shape index (κ2) is 5.99. The minimum Gasteiger partial charge on any atom is -0.406 e. The predicted octanol–water partition coefficient (Wildman–Crippen LogP) is 2.61. The van der Waals surface area contributed by atoms with E-state index in [-0.39, 0.29) is 23.0 Å². The number of alkyl halides is 3. The van der Waals surface area contributed by atoms with Crippen molar-refractivity contribution in [2.45, 2.75) is 32.0 Å². The van der Waals surface area contributed by atoms with Crippen molar-refractivity contribution >= 4 is 17.5 Å². The second-order valence-corrected chi connectivity index (χ2v) is 6.35. The summed E-state index contributed by atoms with van der Waals surface area (Å²) in [6.07, 6.45) is -2.59. The zero-order valence-electron chi connectivity index (χ0n) is 12.9. The van der Waals surface area contributed by atoms with Gasteiger partial charge in [-0.25, -0.2) is 0 Å². The monoisotopic (exact) mass is 342 g/mol. The number of nitrogens with zero attached hydrogens (tertiary/aromatic N) is 1. The molecule has 2 aliphatic rings. The molecule has 2 aliphatic heterocycles. The van der Waals surface area contributed by atoms with E-state index in [1.807, 2.05) is 4.90 Å². The van der Waals surface area contributed by atoms with Gasteiger partial charge in [0.15, 0.2) is 0 Å². The molecule has 2 saturated heterocycles. The van der Waals surface area contributed by atoms with Crippen molar-refractivity contribution in [3.05, 3.63) is 24.3 Å². The zero-order valence-corrected chi connectivity index (χ0v) is 12.9. The lowest BCUT2D eigenvalue weighted by Gasteiger charge is -2.43. The third-order valence-electron chi connectivity index (χ3n) is 4.61. The average molecular weight is 342 g/mol. The first-order valence-corrected chi connectivity index (χ1v) is 7.68. The highest BCUT2D eigenvalue weighted by Crippen LogP contribution is 2.41. The van der Waals surface area contributed by atoms with Gasteiger partial charge in [0, 0.05) is 31.6 Å². The van der Waals surface area contributed by atoms with E-state index in [4.69, 9.17) is 0 Å². The molecule has 1 aromatic carbocycles. The summed E-state index contributed by atoms with van der Waals surface area (Å²) in [6, 6.07) is 5.73. The van der Waals surface area contributed by atoms with Crippen LogP contribution in [0.4, 0.5) is 18.9 Å². The van der Waals surface area contributed by atoms with Gasteiger partial charge in [-0.2, -0.15) is 0 Å². The molecule has 3 rings (SSSR count). The molecular formula is C16H17F3N2O3. The highest BCUT2D eigenvalue weighted by Gasteiger charge is 2.41. The maximum Gasteiger partial charge on any atom is 0.573 e. The van der Waals surface area contributed by atoms with Crippen molar-refractivity contribution in [2.75, 3.05) is 18.0 Å². The van der Waals surface area contributed by atoms with Crippen LogP contribution in [0.25, 0.3) is 0 Å². The van der Waals surface area contributed by atoms with Crippen LogP contribution in [0, 0.1) is 5.41 Å². The summed E-state index contributed by atoms with van der Waals surface area (Å²) >= 11 is 0. The van der Waals surface area contributed by atoms with Crippen LogP contribution < -0.4 is 15.0 Å². The topological polar surface area (TPSA) is 58.6 Å². The number of benzene rings is 1. The summed E-state index contributed by atoms with van der Waals surface area (Å²) in [6.45, 7) is 1.31. The quantitative estimate of drug-likeness (QED) is 0.840. The molecule has 1 spiro atoms. The van der Waals surface area contributed by atoms with Crippen LogP contribution >= 0.6 is 0 Å². The van der Waals surface area contributed by atoms with Gasteiger partial charge in [-0.3, -0.25) is 14.9 Å². The Balaban J connectivity index is 1.62. The molecule has 1 aromatic rings. The molecular weight excluding hydrogens is 325 g/mol. The van der Waals surface area contributed by atoms with Gasteiger partial charge in [-0.05, 0) is 42.5 Å². The van der Waals surface area contributed by atoms with Crippen molar-refractivity contribution in [2.24, 2.45) is 5.41 Å². The Kier molecular flexibility index (Phi) is 4.15. The number of hydrogen-bond donors (Lipinski definition) is 1. The van der Waals surface area contributed by atoms with E-state index in [9.17, 15) is 22.8 Å². The summed E-state index contributed by atoms with van der Waals surface area (Å²) in [5, 5.41) is 2.32. The van der Waals surface area contributed by atoms with Crippen molar-refractivity contribution in [3.63, 3.8) is 0 Å². The van der Waals surface area contributed by atoms with Gasteiger partial charge < -0.3 is 9.64 Å². The van der Waals surface area contributed by atoms with Gasteiger partial charge in [0.1, 0.15) is 5.75 Å². The lowest BCUT2D eigenvalue weighted by molar-refractivity contribution is -0.274. The van der Waals surface area contributed by atoms with Gasteiger partial charge >= 0.3 is 6.36 Å². The molecule has 130 valence electrons. The fourth-order valence-corrected chi connectivity index (χ4v) is 3.44. The summed E-state index contributed by atoms with van der Waals surface area (Å²) in [5.74, 6) is -0.712. The molecule has 0 aromatic heterocycles. The van der Waals surface area contributed by atoms with Crippen LogP contribution in [0.1, 0.15) is 25.7 Å². The molecule has 2 fully saturated rings.